The standard InChI is InChI=1S/C23H23N3O2/c27-23(19-8-4-7-18(11-19)20-12-24-25-13-20)26-14-21(16-5-2-1-3-6-16)28-22(15-26)17-9-10-17/h1-8,11-13,17,21-22H,9-10,14-15H2,(H,24,25)/t21-,22+/m0/s1. The molecule has 2 aromatic carbocycles. The van der Waals surface area contributed by atoms with Crippen LogP contribution in [0.15, 0.2) is 67.0 Å². The number of ether oxygens (including phenoxy) is 1. The van der Waals surface area contributed by atoms with Crippen molar-refractivity contribution in [3.8, 4) is 11.1 Å². The van der Waals surface area contributed by atoms with Crippen LogP contribution >= 0.6 is 0 Å². The Labute approximate surface area is 164 Å². The summed E-state index contributed by atoms with van der Waals surface area (Å²) in [5, 5.41) is 6.83. The van der Waals surface area contributed by atoms with Gasteiger partial charge in [-0.25, -0.2) is 0 Å². The largest absolute Gasteiger partial charge is 0.366 e. The number of nitrogens with one attached hydrogen (secondary N) is 1. The first-order chi connectivity index (χ1) is 13.8. The lowest BCUT2D eigenvalue weighted by Crippen LogP contribution is -2.47. The summed E-state index contributed by atoms with van der Waals surface area (Å²) in [6.07, 6.45) is 6.07. The summed E-state index contributed by atoms with van der Waals surface area (Å²) in [7, 11) is 0. The smallest absolute Gasteiger partial charge is 0.254 e. The Hall–Kier alpha value is -2.92. The van der Waals surface area contributed by atoms with Gasteiger partial charge in [0.05, 0.1) is 18.8 Å². The second-order valence-corrected chi connectivity index (χ2v) is 7.69. The zero-order chi connectivity index (χ0) is 18.9. The van der Waals surface area contributed by atoms with Crippen LogP contribution in [-0.4, -0.2) is 40.2 Å². The summed E-state index contributed by atoms with van der Waals surface area (Å²) >= 11 is 0. The van der Waals surface area contributed by atoms with Crippen molar-refractivity contribution < 1.29 is 9.53 Å². The quantitative estimate of drug-likeness (QED) is 0.750. The van der Waals surface area contributed by atoms with Crippen LogP contribution in [0.5, 0.6) is 0 Å². The van der Waals surface area contributed by atoms with E-state index in [1.807, 2.05) is 53.6 Å². The minimum atomic E-state index is -0.0680. The van der Waals surface area contributed by atoms with E-state index in [1.54, 1.807) is 6.20 Å². The van der Waals surface area contributed by atoms with Crippen LogP contribution < -0.4 is 0 Å². The van der Waals surface area contributed by atoms with Crippen molar-refractivity contribution in [2.45, 2.75) is 25.0 Å². The molecular weight excluding hydrogens is 350 g/mol. The molecular formula is C23H23N3O2. The summed E-state index contributed by atoms with van der Waals surface area (Å²) in [5.41, 5.74) is 3.82. The Kier molecular flexibility index (Phi) is 4.45. The molecule has 2 aliphatic rings. The van der Waals surface area contributed by atoms with Crippen molar-refractivity contribution in [1.29, 1.82) is 0 Å². The first-order valence-electron chi connectivity index (χ1n) is 9.87. The van der Waals surface area contributed by atoms with Crippen molar-refractivity contribution in [3.05, 3.63) is 78.1 Å². The zero-order valence-electron chi connectivity index (χ0n) is 15.6. The zero-order valence-corrected chi connectivity index (χ0v) is 15.6. The van der Waals surface area contributed by atoms with Crippen LogP contribution in [0.1, 0.15) is 34.9 Å². The number of carbonyl (C=O) groups is 1. The van der Waals surface area contributed by atoms with Crippen LogP contribution in [0, 0.1) is 5.92 Å². The Morgan fingerprint density at radius 1 is 1.04 bits per heavy atom. The average Bonchev–Trinajstić information content (AvgIpc) is 3.47. The van der Waals surface area contributed by atoms with E-state index in [-0.39, 0.29) is 18.1 Å². The molecule has 1 amide bonds. The normalized spacial score (nSPS) is 22.2. The molecule has 1 aromatic heterocycles. The molecule has 0 radical (unpaired) electrons. The second-order valence-electron chi connectivity index (χ2n) is 7.69. The molecule has 3 aromatic rings. The van der Waals surface area contributed by atoms with Gasteiger partial charge < -0.3 is 9.64 Å². The first kappa shape index (κ1) is 17.2. The predicted molar refractivity (Wildman–Crippen MR) is 107 cm³/mol. The lowest BCUT2D eigenvalue weighted by atomic mass is 10.0. The Morgan fingerprint density at radius 3 is 2.64 bits per heavy atom. The van der Waals surface area contributed by atoms with Gasteiger partial charge >= 0.3 is 0 Å². The number of H-pyrrole nitrogens is 1. The SMILES string of the molecule is O=C(c1cccc(-c2cn[nH]c2)c1)N1C[C@@H](c2ccccc2)O[C@@H](C2CC2)C1. The summed E-state index contributed by atoms with van der Waals surface area (Å²) < 4.78 is 6.39. The fraction of sp³-hybridized carbons (Fsp3) is 0.304. The lowest BCUT2D eigenvalue weighted by Gasteiger charge is -2.38. The van der Waals surface area contributed by atoms with E-state index in [4.69, 9.17) is 4.74 Å². The van der Waals surface area contributed by atoms with Gasteiger partial charge in [-0.3, -0.25) is 9.89 Å². The second kappa shape index (κ2) is 7.24. The van der Waals surface area contributed by atoms with E-state index >= 15 is 0 Å². The number of carbonyl (C=O) groups excluding carboxylic acids is 1. The third kappa shape index (κ3) is 3.45. The van der Waals surface area contributed by atoms with Crippen molar-refractivity contribution in [2.24, 2.45) is 5.92 Å². The Balaban J connectivity index is 1.41. The third-order valence-corrected chi connectivity index (χ3v) is 5.67. The first-order valence-corrected chi connectivity index (χ1v) is 9.87. The van der Waals surface area contributed by atoms with Crippen LogP contribution in [-0.2, 0) is 4.74 Å². The number of hydrogen-bond acceptors (Lipinski definition) is 3. The number of aromatic nitrogens is 2. The summed E-state index contributed by atoms with van der Waals surface area (Å²) in [5.74, 6) is 0.652. The maximum atomic E-state index is 13.3. The lowest BCUT2D eigenvalue weighted by molar-refractivity contribution is -0.0864. The molecule has 0 unspecified atom stereocenters. The molecule has 1 saturated carbocycles. The number of hydrogen-bond donors (Lipinski definition) is 1. The van der Waals surface area contributed by atoms with E-state index < -0.39 is 0 Å². The van der Waals surface area contributed by atoms with E-state index in [1.165, 1.54) is 12.8 Å². The summed E-state index contributed by atoms with van der Waals surface area (Å²) in [6, 6.07) is 18.0. The van der Waals surface area contributed by atoms with Gasteiger partial charge in [0, 0.05) is 23.9 Å². The fourth-order valence-corrected chi connectivity index (χ4v) is 3.96. The maximum Gasteiger partial charge on any atom is 0.254 e. The predicted octanol–water partition coefficient (Wildman–Crippen LogP) is 4.07. The van der Waals surface area contributed by atoms with Crippen molar-refractivity contribution >= 4 is 5.91 Å². The molecule has 5 heteroatoms. The molecule has 1 saturated heterocycles. The molecule has 142 valence electrons. The Bertz CT molecular complexity index is 951. The molecule has 5 rings (SSSR count). The van der Waals surface area contributed by atoms with Crippen molar-refractivity contribution in [1.82, 2.24) is 15.1 Å². The van der Waals surface area contributed by atoms with Crippen LogP contribution in [0.4, 0.5) is 0 Å². The van der Waals surface area contributed by atoms with Crippen LogP contribution in [0.2, 0.25) is 0 Å². The number of rotatable bonds is 4. The molecule has 1 N–H and O–H groups in total. The van der Waals surface area contributed by atoms with Crippen molar-refractivity contribution in [3.63, 3.8) is 0 Å². The van der Waals surface area contributed by atoms with Gasteiger partial charge in [0.25, 0.3) is 5.91 Å². The molecule has 1 aliphatic carbocycles. The highest BCUT2D eigenvalue weighted by Crippen LogP contribution is 2.39. The van der Waals surface area contributed by atoms with E-state index in [9.17, 15) is 4.79 Å². The number of nitrogens with zero attached hydrogens (tertiary/aromatic N) is 2. The molecule has 1 aliphatic heterocycles. The molecule has 0 bridgehead atoms. The maximum absolute atomic E-state index is 13.3. The molecule has 0 spiro atoms. The van der Waals surface area contributed by atoms with Gasteiger partial charge in [-0.05, 0) is 42.0 Å². The summed E-state index contributed by atoms with van der Waals surface area (Å²) in [6.45, 7) is 1.25. The highest BCUT2D eigenvalue weighted by Gasteiger charge is 2.40. The van der Waals surface area contributed by atoms with E-state index in [0.29, 0.717) is 24.6 Å². The van der Waals surface area contributed by atoms with Crippen LogP contribution in [0.3, 0.4) is 0 Å². The third-order valence-electron chi connectivity index (χ3n) is 5.67. The molecule has 2 atom stereocenters. The van der Waals surface area contributed by atoms with Gasteiger partial charge in [0.1, 0.15) is 6.10 Å². The highest BCUT2D eigenvalue weighted by molar-refractivity contribution is 5.95. The van der Waals surface area contributed by atoms with Crippen LogP contribution in [0.25, 0.3) is 11.1 Å². The molecule has 28 heavy (non-hydrogen) atoms. The monoisotopic (exact) mass is 373 g/mol. The Morgan fingerprint density at radius 2 is 1.89 bits per heavy atom. The van der Waals surface area contributed by atoms with Crippen molar-refractivity contribution in [2.75, 3.05) is 13.1 Å². The topological polar surface area (TPSA) is 58.2 Å². The molecule has 2 fully saturated rings. The van der Waals surface area contributed by atoms with E-state index in [0.717, 1.165) is 16.7 Å². The molecule has 2 heterocycles. The van der Waals surface area contributed by atoms with Gasteiger partial charge in [-0.15, -0.1) is 0 Å². The van der Waals surface area contributed by atoms with Gasteiger partial charge in [0.2, 0.25) is 0 Å². The van der Waals surface area contributed by atoms with Gasteiger partial charge in [0.15, 0.2) is 0 Å². The average molecular weight is 373 g/mol. The van der Waals surface area contributed by atoms with Gasteiger partial charge in [-0.2, -0.15) is 5.10 Å². The van der Waals surface area contributed by atoms with Gasteiger partial charge in [-0.1, -0.05) is 42.5 Å². The minimum Gasteiger partial charge on any atom is -0.366 e. The minimum absolute atomic E-state index is 0.0680. The summed E-state index contributed by atoms with van der Waals surface area (Å²) in [4.78, 5) is 15.3. The highest BCUT2D eigenvalue weighted by atomic mass is 16.5. The molecule has 5 nitrogen and oxygen atoms in total. The fourth-order valence-electron chi connectivity index (χ4n) is 3.96. The number of morpholine rings is 1. The van der Waals surface area contributed by atoms with E-state index in [2.05, 4.69) is 22.3 Å². The number of benzene rings is 2. The number of aromatic amines is 1. The number of amides is 1.